The Morgan fingerprint density at radius 2 is 1.86 bits per heavy atom. The summed E-state index contributed by atoms with van der Waals surface area (Å²) in [6.45, 7) is 7.06. The van der Waals surface area contributed by atoms with Crippen LogP contribution in [-0.2, 0) is 4.79 Å². The lowest BCUT2D eigenvalue weighted by molar-refractivity contribution is -0.119. The monoisotopic (exact) mass is 395 g/mol. The Morgan fingerprint density at radius 3 is 2.61 bits per heavy atom. The van der Waals surface area contributed by atoms with Gasteiger partial charge in [0.05, 0.1) is 6.04 Å². The van der Waals surface area contributed by atoms with Crippen molar-refractivity contribution in [2.75, 3.05) is 18.5 Å². The number of hydrogen-bond acceptors (Lipinski definition) is 4. The Balaban J connectivity index is 1.63. The molecule has 2 aromatic carbocycles. The number of hydrogen-bond donors (Lipinski definition) is 3. The van der Waals surface area contributed by atoms with Crippen molar-refractivity contribution in [2.45, 2.75) is 13.0 Å². The highest BCUT2D eigenvalue weighted by Gasteiger charge is 2.37. The van der Waals surface area contributed by atoms with E-state index in [-0.39, 0.29) is 11.9 Å². The molecule has 7 heteroatoms. The highest BCUT2D eigenvalue weighted by atomic mass is 32.1. The molecule has 28 heavy (non-hydrogen) atoms. The van der Waals surface area contributed by atoms with Crippen molar-refractivity contribution in [1.82, 2.24) is 10.6 Å². The maximum absolute atomic E-state index is 13.1. The van der Waals surface area contributed by atoms with Gasteiger partial charge >= 0.3 is 0 Å². The number of nitrogens with one attached hydrogen (secondary N) is 3. The number of fused-ring (bicyclic) bond motifs is 1. The van der Waals surface area contributed by atoms with Crippen molar-refractivity contribution in [3.63, 3.8) is 0 Å². The second-order valence-electron chi connectivity index (χ2n) is 6.84. The first-order valence-electron chi connectivity index (χ1n) is 9.04. The molecule has 144 valence electrons. The number of rotatable bonds is 3. The molecule has 2 aliphatic heterocycles. The van der Waals surface area contributed by atoms with Gasteiger partial charge in [-0.25, -0.2) is 0 Å². The summed E-state index contributed by atoms with van der Waals surface area (Å²) in [5, 5.41) is 9.58. The van der Waals surface area contributed by atoms with Crippen LogP contribution in [-0.4, -0.2) is 24.2 Å². The smallest absolute Gasteiger partial charge is 0.235 e. The van der Waals surface area contributed by atoms with Crippen LogP contribution in [0.15, 0.2) is 54.7 Å². The molecular formula is C21H21N3O3S. The minimum Gasteiger partial charge on any atom is -0.486 e. The number of aryl methyl sites for hydroxylation is 1. The number of carbonyl (C=O) groups is 1. The van der Waals surface area contributed by atoms with Gasteiger partial charge in [0.25, 0.3) is 0 Å². The van der Waals surface area contributed by atoms with Crippen molar-refractivity contribution >= 4 is 28.9 Å². The molecule has 0 saturated carbocycles. The fourth-order valence-electron chi connectivity index (χ4n) is 3.38. The van der Waals surface area contributed by atoms with Crippen molar-refractivity contribution in [3.05, 3.63) is 65.9 Å². The molecule has 2 aromatic rings. The highest BCUT2D eigenvalue weighted by molar-refractivity contribution is 7.80. The molecule has 4 rings (SSSR count). The molecule has 2 atom stereocenters. The Morgan fingerprint density at radius 1 is 1.14 bits per heavy atom. The van der Waals surface area contributed by atoms with Crippen LogP contribution in [0.2, 0.25) is 0 Å². The molecule has 2 aliphatic rings. The number of ether oxygens (including phenoxy) is 2. The van der Waals surface area contributed by atoms with E-state index in [1.807, 2.05) is 49.4 Å². The average molecular weight is 395 g/mol. The van der Waals surface area contributed by atoms with E-state index in [9.17, 15) is 4.79 Å². The average Bonchev–Trinajstić information content (AvgIpc) is 2.68. The van der Waals surface area contributed by atoms with Gasteiger partial charge in [-0.2, -0.15) is 0 Å². The third-order valence-corrected chi connectivity index (χ3v) is 5.02. The van der Waals surface area contributed by atoms with E-state index in [0.717, 1.165) is 16.8 Å². The number of amides is 1. The Labute approximate surface area is 168 Å². The van der Waals surface area contributed by atoms with Crippen LogP contribution in [0.5, 0.6) is 11.5 Å². The zero-order valence-electron chi connectivity index (χ0n) is 15.5. The van der Waals surface area contributed by atoms with Crippen molar-refractivity contribution < 1.29 is 14.3 Å². The minimum atomic E-state index is -0.560. The summed E-state index contributed by atoms with van der Waals surface area (Å²) in [4.78, 5) is 13.1. The standard InChI is InChI=1S/C21H21N3O3S/c1-12-3-6-15(7-4-12)23-20(25)18-13(2)22-21(28)24-19(18)14-5-8-16-17(11-14)27-10-9-26-16/h3-8,11,18-19H,2,9-10H2,1H3,(H,23,25)(H2,22,24,28)/t18-,19+/m1/s1. The van der Waals surface area contributed by atoms with Crippen LogP contribution in [0.1, 0.15) is 17.2 Å². The summed E-state index contributed by atoms with van der Waals surface area (Å²) >= 11 is 5.29. The van der Waals surface area contributed by atoms with E-state index in [4.69, 9.17) is 21.7 Å². The molecule has 0 aromatic heterocycles. The summed E-state index contributed by atoms with van der Waals surface area (Å²) in [6, 6.07) is 13.0. The van der Waals surface area contributed by atoms with Gasteiger partial charge in [0, 0.05) is 11.4 Å². The van der Waals surface area contributed by atoms with E-state index in [0.29, 0.717) is 35.5 Å². The quantitative estimate of drug-likeness (QED) is 0.694. The predicted octanol–water partition coefficient (Wildman–Crippen LogP) is 3.05. The summed E-state index contributed by atoms with van der Waals surface area (Å²) in [5.41, 5.74) is 3.28. The lowest BCUT2D eigenvalue weighted by atomic mass is 9.88. The van der Waals surface area contributed by atoms with E-state index >= 15 is 0 Å². The molecule has 0 unspecified atom stereocenters. The van der Waals surface area contributed by atoms with Gasteiger partial charge in [0.15, 0.2) is 16.6 Å². The van der Waals surface area contributed by atoms with Crippen molar-refractivity contribution in [3.8, 4) is 11.5 Å². The van der Waals surface area contributed by atoms with Gasteiger partial charge < -0.3 is 25.4 Å². The topological polar surface area (TPSA) is 71.6 Å². The van der Waals surface area contributed by atoms with Crippen molar-refractivity contribution in [1.29, 1.82) is 0 Å². The first-order valence-corrected chi connectivity index (χ1v) is 9.45. The first kappa shape index (κ1) is 18.3. The number of carbonyl (C=O) groups excluding carboxylic acids is 1. The summed E-state index contributed by atoms with van der Waals surface area (Å²) in [5.74, 6) is 0.635. The molecule has 3 N–H and O–H groups in total. The number of benzene rings is 2. The fourth-order valence-corrected chi connectivity index (χ4v) is 3.64. The van der Waals surface area contributed by atoms with Crippen LogP contribution in [0.3, 0.4) is 0 Å². The molecular weight excluding hydrogens is 374 g/mol. The first-order chi connectivity index (χ1) is 13.5. The Hall–Kier alpha value is -3.06. The van der Waals surface area contributed by atoms with E-state index in [1.165, 1.54) is 0 Å². The molecule has 0 bridgehead atoms. The van der Waals surface area contributed by atoms with Gasteiger partial charge in [0.2, 0.25) is 5.91 Å². The number of thiocarbonyl (C=S) groups is 1. The molecule has 1 amide bonds. The van der Waals surface area contributed by atoms with Crippen molar-refractivity contribution in [2.24, 2.45) is 5.92 Å². The summed E-state index contributed by atoms with van der Waals surface area (Å²) in [6.07, 6.45) is 0. The Bertz CT molecular complexity index is 942. The highest BCUT2D eigenvalue weighted by Crippen LogP contribution is 2.37. The zero-order valence-corrected chi connectivity index (χ0v) is 16.3. The SMILES string of the molecule is C=C1NC(=S)N[C@@H](c2ccc3c(c2)OCCO3)[C@@H]1C(=O)Nc1ccc(C)cc1. The molecule has 0 spiro atoms. The van der Waals surface area contributed by atoms with Gasteiger partial charge in [0.1, 0.15) is 19.1 Å². The second-order valence-corrected chi connectivity index (χ2v) is 7.25. The lowest BCUT2D eigenvalue weighted by Gasteiger charge is -2.35. The third-order valence-electron chi connectivity index (χ3n) is 4.80. The molecule has 0 aliphatic carbocycles. The third kappa shape index (κ3) is 3.66. The van der Waals surface area contributed by atoms with E-state index in [2.05, 4.69) is 22.5 Å². The summed E-state index contributed by atoms with van der Waals surface area (Å²) < 4.78 is 11.3. The molecule has 1 saturated heterocycles. The molecule has 1 fully saturated rings. The van der Waals surface area contributed by atoms with Crippen LogP contribution < -0.4 is 25.4 Å². The van der Waals surface area contributed by atoms with Crippen LogP contribution in [0, 0.1) is 12.8 Å². The van der Waals surface area contributed by atoms with Gasteiger partial charge in [-0.1, -0.05) is 30.3 Å². The largest absolute Gasteiger partial charge is 0.486 e. The van der Waals surface area contributed by atoms with Crippen LogP contribution >= 0.6 is 12.2 Å². The van der Waals surface area contributed by atoms with E-state index < -0.39 is 5.92 Å². The second kappa shape index (κ2) is 7.52. The Kier molecular flexibility index (Phi) is 4.92. The molecule has 0 radical (unpaired) electrons. The normalized spacial score (nSPS) is 20.8. The maximum Gasteiger partial charge on any atom is 0.235 e. The summed E-state index contributed by atoms with van der Waals surface area (Å²) in [7, 11) is 0. The van der Waals surface area contributed by atoms with Crippen LogP contribution in [0.25, 0.3) is 0 Å². The predicted molar refractivity (Wildman–Crippen MR) is 111 cm³/mol. The maximum atomic E-state index is 13.1. The lowest BCUT2D eigenvalue weighted by Crippen LogP contribution is -2.51. The van der Waals surface area contributed by atoms with Gasteiger partial charge in [-0.05, 0) is 49.0 Å². The number of anilines is 1. The van der Waals surface area contributed by atoms with Gasteiger partial charge in [-0.15, -0.1) is 0 Å². The minimum absolute atomic E-state index is 0.170. The van der Waals surface area contributed by atoms with Gasteiger partial charge in [-0.3, -0.25) is 4.79 Å². The van der Waals surface area contributed by atoms with E-state index in [1.54, 1.807) is 0 Å². The molecule has 6 nitrogen and oxygen atoms in total. The zero-order chi connectivity index (χ0) is 19.7. The fraction of sp³-hybridized carbons (Fsp3) is 0.238. The van der Waals surface area contributed by atoms with Crippen LogP contribution in [0.4, 0.5) is 5.69 Å². The molecule has 2 heterocycles.